The predicted octanol–water partition coefficient (Wildman–Crippen LogP) is 3.15. The lowest BCUT2D eigenvalue weighted by Gasteiger charge is -2.14. The zero-order chi connectivity index (χ0) is 16.1. The van der Waals surface area contributed by atoms with Crippen molar-refractivity contribution >= 4 is 29.0 Å². The molecule has 6 heteroatoms. The smallest absolute Gasteiger partial charge is 0.290 e. The molecular formula is C16H17NO4S. The molecular weight excluding hydrogens is 302 g/mol. The standard InChI is InChI=1S/C16H17NO4S/c1-4-6-11-7-10(8-12(21-5-2)14(11)20-3)9-13-15(18)17-16(19)22-13/h4,7-9H,1,5-6H2,2-3H3,(H,17,18,19)/b13-9-. The highest BCUT2D eigenvalue weighted by molar-refractivity contribution is 8.18. The Hall–Kier alpha value is -2.21. The Morgan fingerprint density at radius 2 is 2.14 bits per heavy atom. The highest BCUT2D eigenvalue weighted by Gasteiger charge is 2.25. The molecule has 0 saturated carbocycles. The van der Waals surface area contributed by atoms with Crippen LogP contribution in [0.5, 0.6) is 11.5 Å². The molecule has 22 heavy (non-hydrogen) atoms. The van der Waals surface area contributed by atoms with Gasteiger partial charge in [-0.1, -0.05) is 6.08 Å². The molecule has 0 atom stereocenters. The van der Waals surface area contributed by atoms with Crippen molar-refractivity contribution in [2.45, 2.75) is 13.3 Å². The number of amides is 2. The minimum absolute atomic E-state index is 0.360. The maximum Gasteiger partial charge on any atom is 0.290 e. The Morgan fingerprint density at radius 1 is 1.36 bits per heavy atom. The van der Waals surface area contributed by atoms with E-state index in [2.05, 4.69) is 11.9 Å². The number of carbonyl (C=O) groups excluding carboxylic acids is 2. The van der Waals surface area contributed by atoms with Gasteiger partial charge in [-0.15, -0.1) is 6.58 Å². The minimum Gasteiger partial charge on any atom is -0.493 e. The van der Waals surface area contributed by atoms with E-state index in [4.69, 9.17) is 9.47 Å². The van der Waals surface area contributed by atoms with Gasteiger partial charge in [0.2, 0.25) is 0 Å². The van der Waals surface area contributed by atoms with Crippen LogP contribution in [-0.2, 0) is 11.2 Å². The first-order chi connectivity index (χ1) is 10.6. The van der Waals surface area contributed by atoms with Crippen LogP contribution in [0.25, 0.3) is 6.08 Å². The molecule has 0 radical (unpaired) electrons. The van der Waals surface area contributed by atoms with Gasteiger partial charge in [0.05, 0.1) is 18.6 Å². The first-order valence-electron chi connectivity index (χ1n) is 6.78. The minimum atomic E-state index is -0.381. The molecule has 116 valence electrons. The summed E-state index contributed by atoms with van der Waals surface area (Å²) < 4.78 is 11.0. The molecule has 0 spiro atoms. The first kappa shape index (κ1) is 16.2. The van der Waals surface area contributed by atoms with Crippen LogP contribution in [0.2, 0.25) is 0 Å². The highest BCUT2D eigenvalue weighted by atomic mass is 32.2. The van der Waals surface area contributed by atoms with Gasteiger partial charge in [0, 0.05) is 5.56 Å². The average Bonchev–Trinajstić information content (AvgIpc) is 2.77. The fourth-order valence-corrected chi connectivity index (χ4v) is 2.82. The summed E-state index contributed by atoms with van der Waals surface area (Å²) in [4.78, 5) is 23.2. The van der Waals surface area contributed by atoms with E-state index in [0.717, 1.165) is 22.9 Å². The molecule has 1 aliphatic heterocycles. The lowest BCUT2D eigenvalue weighted by molar-refractivity contribution is -0.115. The van der Waals surface area contributed by atoms with Crippen molar-refractivity contribution in [2.75, 3.05) is 13.7 Å². The van der Waals surface area contributed by atoms with Gasteiger partial charge in [0.15, 0.2) is 11.5 Å². The summed E-state index contributed by atoms with van der Waals surface area (Å²) in [5, 5.41) is 1.87. The van der Waals surface area contributed by atoms with Gasteiger partial charge in [-0.3, -0.25) is 14.9 Å². The number of imide groups is 1. The number of carbonyl (C=O) groups is 2. The van der Waals surface area contributed by atoms with Crippen LogP contribution < -0.4 is 14.8 Å². The van der Waals surface area contributed by atoms with Crippen molar-refractivity contribution in [3.8, 4) is 11.5 Å². The van der Waals surface area contributed by atoms with Crippen molar-refractivity contribution in [2.24, 2.45) is 0 Å². The molecule has 0 aliphatic carbocycles. The van der Waals surface area contributed by atoms with Gasteiger partial charge in [0.1, 0.15) is 0 Å². The topological polar surface area (TPSA) is 64.6 Å². The highest BCUT2D eigenvalue weighted by Crippen LogP contribution is 2.35. The van der Waals surface area contributed by atoms with E-state index in [1.165, 1.54) is 0 Å². The summed E-state index contributed by atoms with van der Waals surface area (Å²) in [7, 11) is 1.58. The molecule has 5 nitrogen and oxygen atoms in total. The second-order valence-corrected chi connectivity index (χ2v) is 5.50. The fourth-order valence-electron chi connectivity index (χ4n) is 2.14. The first-order valence-corrected chi connectivity index (χ1v) is 7.60. The normalized spacial score (nSPS) is 15.8. The number of hydrogen-bond acceptors (Lipinski definition) is 5. The number of thioether (sulfide) groups is 1. The van der Waals surface area contributed by atoms with Crippen LogP contribution in [0.1, 0.15) is 18.1 Å². The zero-order valence-corrected chi connectivity index (χ0v) is 13.3. The SMILES string of the molecule is C=CCc1cc(/C=C2\SC(=O)NC2=O)cc(OCC)c1OC. The molecule has 1 aromatic carbocycles. The summed E-state index contributed by atoms with van der Waals surface area (Å²) in [6.45, 7) is 6.12. The molecule has 0 bridgehead atoms. The molecule has 1 aromatic rings. The molecule has 0 unspecified atom stereocenters. The number of methoxy groups -OCH3 is 1. The van der Waals surface area contributed by atoms with E-state index < -0.39 is 0 Å². The summed E-state index contributed by atoms with van der Waals surface area (Å²) in [5.74, 6) is 0.878. The van der Waals surface area contributed by atoms with Crippen LogP contribution in [0.3, 0.4) is 0 Å². The number of rotatable bonds is 6. The Bertz CT molecular complexity index is 652. The Morgan fingerprint density at radius 3 is 2.68 bits per heavy atom. The lowest BCUT2D eigenvalue weighted by atomic mass is 10.0. The lowest BCUT2D eigenvalue weighted by Crippen LogP contribution is -2.17. The second kappa shape index (κ2) is 7.17. The van der Waals surface area contributed by atoms with Gasteiger partial charge in [-0.25, -0.2) is 0 Å². The van der Waals surface area contributed by atoms with Gasteiger partial charge >= 0.3 is 0 Å². The van der Waals surface area contributed by atoms with E-state index >= 15 is 0 Å². The van der Waals surface area contributed by atoms with E-state index in [9.17, 15) is 9.59 Å². The van der Waals surface area contributed by atoms with E-state index in [1.807, 2.05) is 13.0 Å². The van der Waals surface area contributed by atoms with Gasteiger partial charge in [0.25, 0.3) is 11.1 Å². The van der Waals surface area contributed by atoms with Gasteiger partial charge in [-0.2, -0.15) is 0 Å². The molecule has 0 aromatic heterocycles. The number of benzene rings is 1. The fraction of sp³-hybridized carbons (Fsp3) is 0.250. The van der Waals surface area contributed by atoms with Crippen LogP contribution in [0.15, 0.2) is 29.7 Å². The van der Waals surface area contributed by atoms with Crippen molar-refractivity contribution in [1.82, 2.24) is 5.32 Å². The molecule has 2 rings (SSSR count). The molecule has 1 fully saturated rings. The van der Waals surface area contributed by atoms with E-state index in [0.29, 0.717) is 29.4 Å². The third-order valence-corrected chi connectivity index (χ3v) is 3.77. The van der Waals surface area contributed by atoms with Crippen molar-refractivity contribution in [3.63, 3.8) is 0 Å². The van der Waals surface area contributed by atoms with Crippen molar-refractivity contribution in [1.29, 1.82) is 0 Å². The second-order valence-electron chi connectivity index (χ2n) is 4.49. The summed E-state index contributed by atoms with van der Waals surface area (Å²) >= 11 is 0.886. The Kier molecular flexibility index (Phi) is 5.27. The molecule has 1 saturated heterocycles. The van der Waals surface area contributed by atoms with Gasteiger partial charge < -0.3 is 9.47 Å². The molecule has 1 heterocycles. The average molecular weight is 319 g/mol. The summed E-state index contributed by atoms with van der Waals surface area (Å²) in [6, 6.07) is 3.69. The van der Waals surface area contributed by atoms with Crippen molar-refractivity contribution < 1.29 is 19.1 Å². The third kappa shape index (κ3) is 3.51. The number of allylic oxidation sites excluding steroid dienone is 1. The Balaban J connectivity index is 2.47. The molecule has 2 amide bonds. The van der Waals surface area contributed by atoms with Crippen LogP contribution >= 0.6 is 11.8 Å². The molecule has 1 N–H and O–H groups in total. The maximum atomic E-state index is 11.6. The number of hydrogen-bond donors (Lipinski definition) is 1. The molecule has 1 aliphatic rings. The number of nitrogens with one attached hydrogen (secondary N) is 1. The summed E-state index contributed by atoms with van der Waals surface area (Å²) in [5.41, 5.74) is 1.68. The quantitative estimate of drug-likeness (QED) is 0.644. The van der Waals surface area contributed by atoms with Crippen LogP contribution in [0, 0.1) is 0 Å². The van der Waals surface area contributed by atoms with Crippen LogP contribution in [0.4, 0.5) is 4.79 Å². The predicted molar refractivity (Wildman–Crippen MR) is 87.2 cm³/mol. The summed E-state index contributed by atoms with van der Waals surface area (Å²) in [6.07, 6.45) is 4.04. The largest absolute Gasteiger partial charge is 0.493 e. The van der Waals surface area contributed by atoms with E-state index in [-0.39, 0.29) is 11.1 Å². The van der Waals surface area contributed by atoms with E-state index in [1.54, 1.807) is 25.3 Å². The Labute approximate surface area is 133 Å². The number of ether oxygens (including phenoxy) is 2. The van der Waals surface area contributed by atoms with Crippen LogP contribution in [-0.4, -0.2) is 24.9 Å². The van der Waals surface area contributed by atoms with Crippen molar-refractivity contribution in [3.05, 3.63) is 40.8 Å². The maximum absolute atomic E-state index is 11.6. The third-order valence-electron chi connectivity index (χ3n) is 2.96. The van der Waals surface area contributed by atoms with Gasteiger partial charge in [-0.05, 0) is 48.9 Å². The monoisotopic (exact) mass is 319 g/mol. The zero-order valence-electron chi connectivity index (χ0n) is 12.5.